The van der Waals surface area contributed by atoms with Gasteiger partial charge in [-0.25, -0.2) is 4.39 Å². The number of carbonyl (C=O) groups excluding carboxylic acids is 2. The van der Waals surface area contributed by atoms with Crippen molar-refractivity contribution in [3.05, 3.63) is 112 Å². The molecule has 2 aliphatic heterocycles. The molecule has 1 N–H and O–H groups in total. The van der Waals surface area contributed by atoms with Crippen LogP contribution in [0.15, 0.2) is 78.6 Å². The maximum absolute atomic E-state index is 13.8. The van der Waals surface area contributed by atoms with Crippen LogP contribution < -0.4 is 5.32 Å². The first-order valence-electron chi connectivity index (χ1n) is 16.1. The molecule has 45 heavy (non-hydrogen) atoms. The summed E-state index contributed by atoms with van der Waals surface area (Å²) in [6.45, 7) is 7.61. The Morgan fingerprint density at radius 3 is 2.22 bits per heavy atom. The van der Waals surface area contributed by atoms with Gasteiger partial charge in [-0.15, -0.1) is 0 Å². The predicted molar refractivity (Wildman–Crippen MR) is 175 cm³/mol. The molecule has 2 amide bonds. The Kier molecular flexibility index (Phi) is 7.47. The number of benzene rings is 2. The molecule has 6 nitrogen and oxygen atoms in total. The van der Waals surface area contributed by atoms with Crippen molar-refractivity contribution < 1.29 is 14.0 Å². The number of pyridine rings is 1. The third-order valence-corrected chi connectivity index (χ3v) is 10.3. The van der Waals surface area contributed by atoms with Gasteiger partial charge in [0.2, 0.25) is 5.91 Å². The number of aromatic nitrogens is 1. The molecule has 2 saturated carbocycles. The van der Waals surface area contributed by atoms with Crippen molar-refractivity contribution in [2.24, 2.45) is 10.8 Å². The lowest BCUT2D eigenvalue weighted by Gasteiger charge is -2.56. The van der Waals surface area contributed by atoms with Crippen LogP contribution in [0.25, 0.3) is 11.1 Å². The second-order valence-corrected chi connectivity index (χ2v) is 14.1. The lowest BCUT2D eigenvalue weighted by molar-refractivity contribution is -0.135. The fourth-order valence-electron chi connectivity index (χ4n) is 7.48. The fourth-order valence-corrected chi connectivity index (χ4v) is 7.48. The molecule has 1 aromatic heterocycles. The second kappa shape index (κ2) is 11.4. The molecule has 2 aliphatic carbocycles. The summed E-state index contributed by atoms with van der Waals surface area (Å²) in [5, 5.41) is 3.14. The van der Waals surface area contributed by atoms with Crippen LogP contribution in [-0.2, 0) is 4.79 Å². The minimum Gasteiger partial charge on any atom is -0.345 e. The maximum Gasteiger partial charge on any atom is 0.253 e. The Labute approximate surface area is 265 Å². The highest BCUT2D eigenvalue weighted by Gasteiger charge is 2.49. The summed E-state index contributed by atoms with van der Waals surface area (Å²) in [6, 6.07) is 16.9. The third kappa shape index (κ3) is 5.86. The number of nitrogens with zero attached hydrogens (tertiary/aromatic N) is 3. The summed E-state index contributed by atoms with van der Waals surface area (Å²) in [5.41, 5.74) is 8.62. The van der Waals surface area contributed by atoms with Gasteiger partial charge in [-0.05, 0) is 97.7 Å². The minimum atomic E-state index is -0.230. The normalized spacial score (nSPS) is 20.5. The van der Waals surface area contributed by atoms with Gasteiger partial charge in [0.15, 0.2) is 0 Å². The van der Waals surface area contributed by atoms with Gasteiger partial charge in [0.1, 0.15) is 5.82 Å². The van der Waals surface area contributed by atoms with Crippen LogP contribution in [0.2, 0.25) is 0 Å². The summed E-state index contributed by atoms with van der Waals surface area (Å²) < 4.78 is 13.8. The number of carbonyl (C=O) groups is 2. The molecule has 3 aromatic rings. The van der Waals surface area contributed by atoms with E-state index < -0.39 is 0 Å². The van der Waals surface area contributed by atoms with Gasteiger partial charge < -0.3 is 15.1 Å². The number of rotatable bonds is 7. The molecule has 7 rings (SSSR count). The van der Waals surface area contributed by atoms with Crippen molar-refractivity contribution in [2.45, 2.75) is 52.0 Å². The first-order chi connectivity index (χ1) is 21.6. The first-order valence-corrected chi connectivity index (χ1v) is 16.1. The van der Waals surface area contributed by atoms with Crippen LogP contribution in [0.5, 0.6) is 0 Å². The minimum absolute atomic E-state index is 0.156. The van der Waals surface area contributed by atoms with Crippen LogP contribution >= 0.6 is 0 Å². The van der Waals surface area contributed by atoms with Crippen molar-refractivity contribution in [3.63, 3.8) is 0 Å². The largest absolute Gasteiger partial charge is 0.345 e. The zero-order valence-electron chi connectivity index (χ0n) is 26.4. The van der Waals surface area contributed by atoms with E-state index in [0.717, 1.165) is 73.0 Å². The topological polar surface area (TPSA) is 65.5 Å². The highest BCUT2D eigenvalue weighted by atomic mass is 19.1. The first kappa shape index (κ1) is 29.6. The van der Waals surface area contributed by atoms with Crippen LogP contribution in [0.1, 0.15) is 84.6 Å². The van der Waals surface area contributed by atoms with E-state index in [1.54, 1.807) is 12.4 Å². The molecule has 2 aromatic carbocycles. The van der Waals surface area contributed by atoms with Gasteiger partial charge in [0, 0.05) is 49.4 Å². The highest BCUT2D eigenvalue weighted by molar-refractivity contribution is 5.95. The SMILES string of the molecule is C[C@@H](NC(=O)c1cncc(C2=CCN(C(=O)C3(C)CC3)CC2)c1)c1ccc(C(=C2CC3(C2)CN(C)C3)c2ccc(F)cc2)cc1. The number of nitrogens with one attached hydrogen (secondary N) is 1. The molecule has 1 saturated heterocycles. The highest BCUT2D eigenvalue weighted by Crippen LogP contribution is 2.54. The second-order valence-electron chi connectivity index (χ2n) is 14.1. The Morgan fingerprint density at radius 2 is 1.62 bits per heavy atom. The monoisotopic (exact) mass is 604 g/mol. The summed E-state index contributed by atoms with van der Waals surface area (Å²) >= 11 is 0. The maximum atomic E-state index is 13.8. The molecule has 1 atom stereocenters. The van der Waals surface area contributed by atoms with Crippen molar-refractivity contribution in [3.8, 4) is 0 Å². The average molecular weight is 605 g/mol. The third-order valence-electron chi connectivity index (χ3n) is 10.3. The molecule has 7 heteroatoms. The molecule has 3 heterocycles. The number of hydrogen-bond acceptors (Lipinski definition) is 4. The zero-order chi connectivity index (χ0) is 31.3. The predicted octanol–water partition coefficient (Wildman–Crippen LogP) is 6.66. The van der Waals surface area contributed by atoms with E-state index >= 15 is 0 Å². The van der Waals surface area contributed by atoms with Crippen molar-refractivity contribution >= 4 is 23.0 Å². The quantitative estimate of drug-likeness (QED) is 0.328. The van der Waals surface area contributed by atoms with E-state index in [1.165, 1.54) is 23.3 Å². The molecule has 0 bridgehead atoms. The van der Waals surface area contributed by atoms with Gasteiger partial charge >= 0.3 is 0 Å². The smallest absolute Gasteiger partial charge is 0.253 e. The Morgan fingerprint density at radius 1 is 0.956 bits per heavy atom. The van der Waals surface area contributed by atoms with E-state index in [1.807, 2.05) is 30.0 Å². The van der Waals surface area contributed by atoms with E-state index in [0.29, 0.717) is 24.1 Å². The van der Waals surface area contributed by atoms with Crippen molar-refractivity contribution in [1.29, 1.82) is 0 Å². The Hall–Kier alpha value is -4.10. The molecular formula is C38H41FN4O2. The van der Waals surface area contributed by atoms with E-state index in [4.69, 9.17) is 0 Å². The van der Waals surface area contributed by atoms with E-state index in [2.05, 4.69) is 59.5 Å². The molecule has 1 spiro atoms. The number of allylic oxidation sites excluding steroid dienone is 1. The Balaban J connectivity index is 1.03. The summed E-state index contributed by atoms with van der Waals surface area (Å²) in [4.78, 5) is 34.7. The van der Waals surface area contributed by atoms with Gasteiger partial charge in [-0.1, -0.05) is 55.0 Å². The summed E-state index contributed by atoms with van der Waals surface area (Å²) in [6.07, 6.45) is 10.4. The van der Waals surface area contributed by atoms with Crippen LogP contribution in [-0.4, -0.2) is 59.8 Å². The van der Waals surface area contributed by atoms with Crippen LogP contribution in [0, 0.1) is 16.6 Å². The molecule has 4 aliphatic rings. The van der Waals surface area contributed by atoms with Crippen LogP contribution in [0.4, 0.5) is 4.39 Å². The van der Waals surface area contributed by atoms with E-state index in [-0.39, 0.29) is 29.1 Å². The van der Waals surface area contributed by atoms with E-state index in [9.17, 15) is 14.0 Å². The van der Waals surface area contributed by atoms with Crippen molar-refractivity contribution in [2.75, 3.05) is 33.2 Å². The summed E-state index contributed by atoms with van der Waals surface area (Å²) in [7, 11) is 2.17. The number of halogens is 1. The molecule has 232 valence electrons. The molecule has 3 fully saturated rings. The zero-order valence-corrected chi connectivity index (χ0v) is 26.4. The number of amides is 2. The van der Waals surface area contributed by atoms with Gasteiger partial charge in [0.25, 0.3) is 5.91 Å². The Bertz CT molecular complexity index is 1690. The molecule has 0 radical (unpaired) electrons. The standard InChI is InChI=1S/C38H41FN4O2/c1-25(41-35(44)31-18-30(21-40-22-31)27-12-16-43(17-13-27)36(45)37(2)14-15-37)26-4-6-28(7-5-26)34(29-8-10-33(39)11-9-29)32-19-38(20-32)23-42(3)24-38/h4-12,18,21-22,25H,13-17,19-20,23-24H2,1-3H3,(H,41,44)/t25-/m1/s1. The summed E-state index contributed by atoms with van der Waals surface area (Å²) in [5.74, 6) is -0.144. The van der Waals surface area contributed by atoms with Gasteiger partial charge in [0.05, 0.1) is 11.6 Å². The number of hydrogen-bond donors (Lipinski definition) is 1. The van der Waals surface area contributed by atoms with Gasteiger partial charge in [-0.2, -0.15) is 0 Å². The fraction of sp³-hybridized carbons (Fsp3) is 0.395. The van der Waals surface area contributed by atoms with Crippen molar-refractivity contribution in [1.82, 2.24) is 20.1 Å². The van der Waals surface area contributed by atoms with Gasteiger partial charge in [-0.3, -0.25) is 14.6 Å². The van der Waals surface area contributed by atoms with Crippen LogP contribution in [0.3, 0.4) is 0 Å². The molecule has 0 unspecified atom stereocenters. The lowest BCUT2D eigenvalue weighted by atomic mass is 9.59. The molecular weight excluding hydrogens is 563 g/mol. The average Bonchev–Trinajstić information content (AvgIpc) is 3.78. The lowest BCUT2D eigenvalue weighted by Crippen LogP contribution is -2.58. The number of likely N-dealkylation sites (tertiary alicyclic amines) is 1.